The lowest BCUT2D eigenvalue weighted by molar-refractivity contribution is 0.181. The van der Waals surface area contributed by atoms with Gasteiger partial charge in [0.05, 0.1) is 6.61 Å². The van der Waals surface area contributed by atoms with Crippen LogP contribution in [0.15, 0.2) is 41.5 Å². The maximum absolute atomic E-state index is 13.8. The van der Waals surface area contributed by atoms with E-state index >= 15 is 0 Å². The van der Waals surface area contributed by atoms with E-state index in [4.69, 9.17) is 4.74 Å². The molecule has 1 fully saturated rings. The summed E-state index contributed by atoms with van der Waals surface area (Å²) in [7, 11) is 3.33. The SMILES string of the molecule is CN=C(NCc1ccc(F)c(COC)c1)NC1CCN(c2ccc(C)cn2)CC1.I. The number of nitrogens with zero attached hydrogens (tertiary/aromatic N) is 3. The number of guanidine groups is 1. The molecule has 8 heteroatoms. The van der Waals surface area contributed by atoms with Crippen LogP contribution >= 0.6 is 24.0 Å². The average Bonchev–Trinajstić information content (AvgIpc) is 2.74. The van der Waals surface area contributed by atoms with E-state index in [1.807, 2.05) is 12.3 Å². The van der Waals surface area contributed by atoms with Gasteiger partial charge in [-0.2, -0.15) is 0 Å². The zero-order chi connectivity index (χ0) is 20.6. The molecule has 30 heavy (non-hydrogen) atoms. The van der Waals surface area contributed by atoms with Crippen LogP contribution in [0.25, 0.3) is 0 Å². The van der Waals surface area contributed by atoms with Gasteiger partial charge in [-0.05, 0) is 49.1 Å². The van der Waals surface area contributed by atoms with Crippen LogP contribution in [-0.2, 0) is 17.9 Å². The molecule has 1 aromatic carbocycles. The second-order valence-electron chi connectivity index (χ2n) is 7.38. The Morgan fingerprint density at radius 3 is 2.67 bits per heavy atom. The van der Waals surface area contributed by atoms with Crippen LogP contribution in [0.3, 0.4) is 0 Å². The molecule has 0 saturated carbocycles. The van der Waals surface area contributed by atoms with Crippen molar-refractivity contribution in [3.63, 3.8) is 0 Å². The minimum atomic E-state index is -0.243. The van der Waals surface area contributed by atoms with E-state index < -0.39 is 0 Å². The number of halogens is 2. The maximum Gasteiger partial charge on any atom is 0.191 e. The molecule has 0 bridgehead atoms. The van der Waals surface area contributed by atoms with Gasteiger partial charge in [0.15, 0.2) is 5.96 Å². The highest BCUT2D eigenvalue weighted by molar-refractivity contribution is 14.0. The maximum atomic E-state index is 13.8. The molecular weight excluding hydrogens is 496 g/mol. The summed E-state index contributed by atoms with van der Waals surface area (Å²) in [6.45, 7) is 4.81. The highest BCUT2D eigenvalue weighted by atomic mass is 127. The van der Waals surface area contributed by atoms with Gasteiger partial charge in [0.1, 0.15) is 11.6 Å². The molecule has 164 valence electrons. The minimum absolute atomic E-state index is 0. The van der Waals surface area contributed by atoms with Gasteiger partial charge in [-0.3, -0.25) is 4.99 Å². The highest BCUT2D eigenvalue weighted by Gasteiger charge is 2.20. The lowest BCUT2D eigenvalue weighted by atomic mass is 10.1. The largest absolute Gasteiger partial charge is 0.380 e. The molecule has 2 heterocycles. The predicted molar refractivity (Wildman–Crippen MR) is 130 cm³/mol. The molecule has 0 spiro atoms. The average molecular weight is 527 g/mol. The van der Waals surface area contributed by atoms with Crippen molar-refractivity contribution in [2.45, 2.75) is 39.0 Å². The van der Waals surface area contributed by atoms with Crippen molar-refractivity contribution in [3.05, 3.63) is 59.0 Å². The smallest absolute Gasteiger partial charge is 0.191 e. The quantitative estimate of drug-likeness (QED) is 0.342. The molecule has 0 aliphatic carbocycles. The first kappa shape index (κ1) is 24.3. The third-order valence-corrected chi connectivity index (χ3v) is 5.15. The number of aryl methyl sites for hydroxylation is 1. The van der Waals surface area contributed by atoms with Gasteiger partial charge in [-0.25, -0.2) is 9.37 Å². The van der Waals surface area contributed by atoms with Gasteiger partial charge >= 0.3 is 0 Å². The summed E-state index contributed by atoms with van der Waals surface area (Å²) in [5, 5.41) is 6.82. The lowest BCUT2D eigenvalue weighted by Crippen LogP contribution is -2.48. The molecular formula is C22H31FIN5O. The second kappa shape index (κ2) is 12.0. The first-order valence-electron chi connectivity index (χ1n) is 10.00. The van der Waals surface area contributed by atoms with Crippen LogP contribution < -0.4 is 15.5 Å². The Kier molecular flexibility index (Phi) is 9.77. The van der Waals surface area contributed by atoms with Crippen molar-refractivity contribution in [1.29, 1.82) is 0 Å². The van der Waals surface area contributed by atoms with Gasteiger partial charge in [0.2, 0.25) is 0 Å². The Hall–Kier alpha value is -1.94. The van der Waals surface area contributed by atoms with Crippen LogP contribution in [0.2, 0.25) is 0 Å². The Balaban J connectivity index is 0.00000320. The van der Waals surface area contributed by atoms with Gasteiger partial charge in [0, 0.05) is 51.6 Å². The second-order valence-corrected chi connectivity index (χ2v) is 7.38. The van der Waals surface area contributed by atoms with E-state index in [0.717, 1.165) is 43.3 Å². The molecule has 1 aromatic heterocycles. The summed E-state index contributed by atoms with van der Waals surface area (Å²) >= 11 is 0. The molecule has 0 amide bonds. The molecule has 0 atom stereocenters. The number of rotatable bonds is 6. The number of aliphatic imine (C=N–C) groups is 1. The number of ether oxygens (including phenoxy) is 1. The third kappa shape index (κ3) is 6.80. The van der Waals surface area contributed by atoms with E-state index in [0.29, 0.717) is 18.2 Å². The number of piperidine rings is 1. The molecule has 1 aliphatic rings. The molecule has 6 nitrogen and oxygen atoms in total. The number of hydrogen-bond acceptors (Lipinski definition) is 4. The first-order chi connectivity index (χ1) is 14.1. The number of aromatic nitrogens is 1. The number of nitrogens with one attached hydrogen (secondary N) is 2. The van der Waals surface area contributed by atoms with Crippen LogP contribution in [0.1, 0.15) is 29.5 Å². The lowest BCUT2D eigenvalue weighted by Gasteiger charge is -2.33. The van der Waals surface area contributed by atoms with Crippen LogP contribution in [0.5, 0.6) is 0 Å². The molecule has 2 N–H and O–H groups in total. The summed E-state index contributed by atoms with van der Waals surface area (Å²) in [5.74, 6) is 1.56. The van der Waals surface area contributed by atoms with Crippen molar-refractivity contribution in [3.8, 4) is 0 Å². The van der Waals surface area contributed by atoms with Crippen LogP contribution in [0.4, 0.5) is 10.2 Å². The number of methoxy groups -OCH3 is 1. The Labute approximate surface area is 195 Å². The molecule has 0 unspecified atom stereocenters. The normalized spacial score (nSPS) is 14.9. The highest BCUT2D eigenvalue weighted by Crippen LogP contribution is 2.18. The summed E-state index contributed by atoms with van der Waals surface area (Å²) in [6.07, 6.45) is 3.95. The number of benzene rings is 1. The molecule has 1 aliphatic heterocycles. The van der Waals surface area contributed by atoms with Gasteiger partial charge in [0.25, 0.3) is 0 Å². The summed E-state index contributed by atoms with van der Waals surface area (Å²) in [4.78, 5) is 11.2. The Morgan fingerprint density at radius 1 is 1.27 bits per heavy atom. The van der Waals surface area contributed by atoms with Crippen molar-refractivity contribution in [2.24, 2.45) is 4.99 Å². The third-order valence-electron chi connectivity index (χ3n) is 5.15. The monoisotopic (exact) mass is 527 g/mol. The fourth-order valence-corrected chi connectivity index (χ4v) is 3.48. The van der Waals surface area contributed by atoms with Crippen molar-refractivity contribution >= 4 is 35.8 Å². The number of hydrogen-bond donors (Lipinski definition) is 2. The van der Waals surface area contributed by atoms with E-state index in [2.05, 4.69) is 44.6 Å². The van der Waals surface area contributed by atoms with E-state index in [-0.39, 0.29) is 36.4 Å². The predicted octanol–water partition coefficient (Wildman–Crippen LogP) is 3.63. The van der Waals surface area contributed by atoms with Crippen molar-refractivity contribution < 1.29 is 9.13 Å². The zero-order valence-corrected chi connectivity index (χ0v) is 20.2. The fraction of sp³-hybridized carbons (Fsp3) is 0.455. The van der Waals surface area contributed by atoms with Crippen molar-refractivity contribution in [2.75, 3.05) is 32.1 Å². The van der Waals surface area contributed by atoms with E-state index in [1.54, 1.807) is 20.2 Å². The summed E-state index contributed by atoms with van der Waals surface area (Å²) < 4.78 is 18.8. The van der Waals surface area contributed by atoms with Gasteiger partial charge in [-0.1, -0.05) is 12.1 Å². The van der Waals surface area contributed by atoms with Crippen LogP contribution in [-0.4, -0.2) is 44.2 Å². The summed E-state index contributed by atoms with van der Waals surface area (Å²) in [5.41, 5.74) is 2.73. The number of pyridine rings is 1. The molecule has 0 radical (unpaired) electrons. The Morgan fingerprint density at radius 2 is 2.03 bits per heavy atom. The molecule has 3 rings (SSSR count). The topological polar surface area (TPSA) is 61.8 Å². The number of anilines is 1. The molecule has 2 aromatic rings. The standard InChI is InChI=1S/C22H30FN5O.HI/c1-16-4-7-21(25-13-16)28-10-8-19(9-11-28)27-22(24-2)26-14-17-5-6-20(23)18(12-17)15-29-3;/h4-7,12-13,19H,8-11,14-15H2,1-3H3,(H2,24,26,27);1H. The molecule has 1 saturated heterocycles. The van der Waals surface area contributed by atoms with Crippen molar-refractivity contribution in [1.82, 2.24) is 15.6 Å². The Bertz CT molecular complexity index is 823. The fourth-order valence-electron chi connectivity index (χ4n) is 3.48. The van der Waals surface area contributed by atoms with Crippen LogP contribution in [0, 0.1) is 12.7 Å². The van der Waals surface area contributed by atoms with Gasteiger partial charge in [-0.15, -0.1) is 24.0 Å². The minimum Gasteiger partial charge on any atom is -0.380 e. The zero-order valence-electron chi connectivity index (χ0n) is 17.8. The summed E-state index contributed by atoms with van der Waals surface area (Å²) in [6, 6.07) is 9.64. The van der Waals surface area contributed by atoms with E-state index in [1.165, 1.54) is 11.6 Å². The first-order valence-corrected chi connectivity index (χ1v) is 10.00. The van der Waals surface area contributed by atoms with Gasteiger partial charge < -0.3 is 20.3 Å². The van der Waals surface area contributed by atoms with E-state index in [9.17, 15) is 4.39 Å².